The number of ketones is 1. The van der Waals surface area contributed by atoms with Crippen molar-refractivity contribution in [1.29, 1.82) is 0 Å². The number of benzene rings is 2. The smallest absolute Gasteiger partial charge is 0.311 e. The van der Waals surface area contributed by atoms with Gasteiger partial charge >= 0.3 is 5.97 Å². The molecule has 3 aromatic rings. The number of halogens is 1. The minimum Gasteiger partial charge on any atom is -1.00 e. The second-order valence-electron chi connectivity index (χ2n) is 12.4. The SMILES string of the molecule is CCCC[N+]1(Cc2ccc(OC(=O)CCc3cn(CCOCCOC)nn3)cc2)CCCCC1C(=O)Cc1c(C)cccc1C.[I-].[Y].[Y]. The zero-order valence-electron chi connectivity index (χ0n) is 29.2. The van der Waals surface area contributed by atoms with Crippen LogP contribution in [0.4, 0.5) is 0 Å². The first-order valence-electron chi connectivity index (χ1n) is 16.5. The molecular formula is C36H51IN4O5Y2. The number of nitrogens with zero attached hydrogens (tertiary/aromatic N) is 4. The zero-order chi connectivity index (χ0) is 32.1. The molecule has 0 spiro atoms. The number of esters is 1. The molecule has 4 rings (SSSR count). The van der Waals surface area contributed by atoms with E-state index >= 15 is 0 Å². The number of likely N-dealkylation sites (tertiary alicyclic amines) is 1. The van der Waals surface area contributed by atoms with E-state index in [4.69, 9.17) is 14.2 Å². The maximum Gasteiger partial charge on any atom is 0.311 e. The van der Waals surface area contributed by atoms with Crippen LogP contribution in [0, 0.1) is 13.8 Å². The fraction of sp³-hybridized carbons (Fsp3) is 0.556. The Morgan fingerprint density at radius 1 is 1.00 bits per heavy atom. The summed E-state index contributed by atoms with van der Waals surface area (Å²) in [4.78, 5) is 26.6. The summed E-state index contributed by atoms with van der Waals surface area (Å²) < 4.78 is 18.6. The monoisotopic (exact) mass is 924 g/mol. The summed E-state index contributed by atoms with van der Waals surface area (Å²) in [6, 6.07) is 14.1. The number of quaternary nitrogens is 1. The van der Waals surface area contributed by atoms with Gasteiger partial charge in [0.15, 0.2) is 5.78 Å². The molecule has 12 heteroatoms. The molecule has 0 saturated carbocycles. The number of methoxy groups -OCH3 is 1. The second kappa shape index (κ2) is 23.9. The Bertz CT molecular complexity index is 1370. The Hall–Kier alpha value is -0.462. The van der Waals surface area contributed by atoms with Crippen molar-refractivity contribution in [3.8, 4) is 5.75 Å². The van der Waals surface area contributed by atoms with Gasteiger partial charge in [-0.25, -0.2) is 4.68 Å². The molecule has 1 aliphatic rings. The molecule has 48 heavy (non-hydrogen) atoms. The average molecular weight is 925 g/mol. The molecule has 1 fully saturated rings. The number of carbonyl (C=O) groups excluding carboxylic acids is 2. The van der Waals surface area contributed by atoms with Gasteiger partial charge in [0, 0.05) is 104 Å². The number of carbonyl (C=O) groups is 2. The number of ether oxygens (including phenoxy) is 3. The van der Waals surface area contributed by atoms with E-state index in [2.05, 4.69) is 61.4 Å². The molecule has 2 aromatic carbocycles. The maximum absolute atomic E-state index is 14.0. The van der Waals surface area contributed by atoms with Gasteiger partial charge in [0.05, 0.1) is 51.6 Å². The Kier molecular flexibility index (Phi) is 22.7. The third-order valence-corrected chi connectivity index (χ3v) is 9.04. The molecule has 9 nitrogen and oxygen atoms in total. The summed E-state index contributed by atoms with van der Waals surface area (Å²) in [5, 5.41) is 8.26. The van der Waals surface area contributed by atoms with Gasteiger partial charge in [-0.05, 0) is 74.1 Å². The standard InChI is InChI=1S/C36H51N4O5.HI.2Y/c1-5-6-20-40(21-8-7-12-34(40)35(41)25-33-28(2)10-9-11-29(33)3)27-30-13-16-32(17-14-30)45-36(42)18-15-31-26-39(38-37-31)19-22-44-24-23-43-4;;;/h9-11,13-14,16-17,26,34H,5-8,12,15,18-25,27H2,1-4H3;1H;;/q+1;;;/p-1. The van der Waals surface area contributed by atoms with Crippen LogP contribution in [-0.2, 0) is 110 Å². The normalized spacial score (nSPS) is 17.0. The van der Waals surface area contributed by atoms with E-state index in [1.54, 1.807) is 11.8 Å². The topological polar surface area (TPSA) is 92.5 Å². The van der Waals surface area contributed by atoms with Crippen molar-refractivity contribution < 1.29 is 118 Å². The molecule has 1 aromatic heterocycles. The fourth-order valence-electron chi connectivity index (χ4n) is 6.49. The van der Waals surface area contributed by atoms with Crippen LogP contribution in [0.25, 0.3) is 0 Å². The van der Waals surface area contributed by atoms with E-state index in [0.29, 0.717) is 50.7 Å². The molecule has 2 heterocycles. The predicted molar refractivity (Wildman–Crippen MR) is 174 cm³/mol. The summed E-state index contributed by atoms with van der Waals surface area (Å²) >= 11 is 0. The molecule has 0 amide bonds. The fourth-order valence-corrected chi connectivity index (χ4v) is 6.49. The van der Waals surface area contributed by atoms with Crippen molar-refractivity contribution >= 4 is 11.8 Å². The van der Waals surface area contributed by atoms with Crippen LogP contribution >= 0.6 is 0 Å². The van der Waals surface area contributed by atoms with Crippen molar-refractivity contribution in [3.05, 3.63) is 76.6 Å². The van der Waals surface area contributed by atoms with E-state index in [-0.39, 0.29) is 108 Å². The van der Waals surface area contributed by atoms with Crippen molar-refractivity contribution in [2.24, 2.45) is 0 Å². The number of piperidine rings is 1. The Morgan fingerprint density at radius 3 is 2.42 bits per heavy atom. The van der Waals surface area contributed by atoms with Gasteiger partial charge in [-0.2, -0.15) is 0 Å². The van der Waals surface area contributed by atoms with Crippen molar-refractivity contribution in [1.82, 2.24) is 15.0 Å². The minimum absolute atomic E-state index is 0. The number of Topliss-reactive ketones (excluding diaryl/α,β-unsaturated/α-hetero) is 1. The van der Waals surface area contributed by atoms with Gasteiger partial charge in [0.2, 0.25) is 0 Å². The van der Waals surface area contributed by atoms with E-state index < -0.39 is 0 Å². The molecule has 1 aliphatic heterocycles. The van der Waals surface area contributed by atoms with E-state index in [1.165, 1.54) is 22.3 Å². The zero-order valence-corrected chi connectivity index (χ0v) is 37.0. The summed E-state index contributed by atoms with van der Waals surface area (Å²) in [6.45, 7) is 11.5. The summed E-state index contributed by atoms with van der Waals surface area (Å²) in [5.74, 6) is 0.589. The Labute approximate surface area is 354 Å². The third-order valence-electron chi connectivity index (χ3n) is 9.04. The van der Waals surface area contributed by atoms with Crippen LogP contribution < -0.4 is 28.7 Å². The number of aromatic nitrogens is 3. The number of hydrogen-bond donors (Lipinski definition) is 0. The van der Waals surface area contributed by atoms with Crippen LogP contribution in [0.5, 0.6) is 5.75 Å². The summed E-state index contributed by atoms with van der Waals surface area (Å²) in [7, 11) is 1.64. The second-order valence-corrected chi connectivity index (χ2v) is 12.4. The first-order valence-corrected chi connectivity index (χ1v) is 16.5. The maximum atomic E-state index is 14.0. The summed E-state index contributed by atoms with van der Waals surface area (Å²) in [5.41, 5.74) is 5.48. The van der Waals surface area contributed by atoms with Crippen LogP contribution in [0.1, 0.15) is 73.4 Å². The van der Waals surface area contributed by atoms with Gasteiger partial charge in [-0.1, -0.05) is 36.8 Å². The molecule has 0 N–H and O–H groups in total. The van der Waals surface area contributed by atoms with Gasteiger partial charge in [0.1, 0.15) is 18.3 Å². The van der Waals surface area contributed by atoms with Crippen molar-refractivity contribution in [2.75, 3.05) is 40.0 Å². The van der Waals surface area contributed by atoms with Gasteiger partial charge in [-0.15, -0.1) is 5.10 Å². The van der Waals surface area contributed by atoms with E-state index in [1.807, 2.05) is 18.3 Å². The van der Waals surface area contributed by atoms with Crippen LogP contribution in [0.2, 0.25) is 0 Å². The predicted octanol–water partition coefficient (Wildman–Crippen LogP) is 2.58. The molecule has 0 bridgehead atoms. The van der Waals surface area contributed by atoms with Gasteiger partial charge in [0.25, 0.3) is 0 Å². The van der Waals surface area contributed by atoms with E-state index in [9.17, 15) is 9.59 Å². The number of aryl methyl sites for hydroxylation is 3. The van der Waals surface area contributed by atoms with Gasteiger partial charge in [-0.3, -0.25) is 9.59 Å². The Morgan fingerprint density at radius 2 is 1.73 bits per heavy atom. The van der Waals surface area contributed by atoms with Crippen molar-refractivity contribution in [3.63, 3.8) is 0 Å². The largest absolute Gasteiger partial charge is 1.00 e. The number of hydrogen-bond acceptors (Lipinski definition) is 7. The molecule has 0 aliphatic carbocycles. The molecule has 2 unspecified atom stereocenters. The van der Waals surface area contributed by atoms with Crippen LogP contribution in [0.15, 0.2) is 48.7 Å². The van der Waals surface area contributed by atoms with Crippen LogP contribution in [0.3, 0.4) is 0 Å². The third kappa shape index (κ3) is 13.9. The first-order chi connectivity index (χ1) is 21.8. The molecule has 2 radical (unpaired) electrons. The van der Waals surface area contributed by atoms with Gasteiger partial charge < -0.3 is 42.7 Å². The number of unbranched alkanes of at least 4 members (excludes halogenated alkanes) is 1. The minimum atomic E-state index is -0.306. The van der Waals surface area contributed by atoms with Crippen molar-refractivity contribution in [2.45, 2.75) is 91.3 Å². The summed E-state index contributed by atoms with van der Waals surface area (Å²) in [6.07, 6.45) is 8.39. The molecule has 1 saturated heterocycles. The molecule has 2 atom stereocenters. The average Bonchev–Trinajstić information content (AvgIpc) is 3.49. The Balaban J connectivity index is 0.00000384. The van der Waals surface area contributed by atoms with E-state index in [0.717, 1.165) is 61.9 Å². The first kappa shape index (κ1) is 45.6. The van der Waals surface area contributed by atoms with Crippen LogP contribution in [-0.4, -0.2) is 77.3 Å². The number of rotatable bonds is 18. The molecular weight excluding hydrogens is 873 g/mol. The quantitative estimate of drug-likeness (QED) is 0.0638. The molecule has 258 valence electrons.